The first kappa shape index (κ1) is 13.8. The lowest BCUT2D eigenvalue weighted by atomic mass is 10.3. The Morgan fingerprint density at radius 2 is 2.25 bits per heavy atom. The van der Waals surface area contributed by atoms with Crippen molar-refractivity contribution in [3.8, 4) is 10.8 Å². The number of likely N-dealkylation sites (tertiary alicyclic amines) is 1. The van der Waals surface area contributed by atoms with Gasteiger partial charge in [0.15, 0.2) is 0 Å². The van der Waals surface area contributed by atoms with E-state index in [1.807, 2.05) is 17.5 Å². The Hall–Kier alpha value is -1.17. The van der Waals surface area contributed by atoms with Gasteiger partial charge in [0.2, 0.25) is 5.89 Å². The molecule has 1 N–H and O–H groups in total. The standard InChI is InChI=1S/C15H21N3OS/c1-2-8-18(7-1)9-4-6-16-11-13-12-19-15(17-13)14-5-3-10-20-14/h3,5,10,12,16H,1-2,4,6-9,11H2. The lowest BCUT2D eigenvalue weighted by Gasteiger charge is -2.13. The van der Waals surface area contributed by atoms with E-state index in [9.17, 15) is 0 Å². The molecular weight excluding hydrogens is 270 g/mol. The van der Waals surface area contributed by atoms with E-state index in [4.69, 9.17) is 4.42 Å². The van der Waals surface area contributed by atoms with Crippen molar-refractivity contribution in [2.45, 2.75) is 25.8 Å². The quantitative estimate of drug-likeness (QED) is 0.796. The lowest BCUT2D eigenvalue weighted by molar-refractivity contribution is 0.331. The molecule has 1 fully saturated rings. The first-order valence-corrected chi connectivity index (χ1v) is 8.21. The van der Waals surface area contributed by atoms with E-state index >= 15 is 0 Å². The highest BCUT2D eigenvalue weighted by Crippen LogP contribution is 2.23. The van der Waals surface area contributed by atoms with Crippen molar-refractivity contribution < 1.29 is 4.42 Å². The summed E-state index contributed by atoms with van der Waals surface area (Å²) in [4.78, 5) is 8.14. The summed E-state index contributed by atoms with van der Waals surface area (Å²) in [6.07, 6.45) is 5.70. The number of nitrogens with zero attached hydrogens (tertiary/aromatic N) is 2. The Kier molecular flexibility index (Phi) is 4.84. The van der Waals surface area contributed by atoms with Crippen molar-refractivity contribution in [3.63, 3.8) is 0 Å². The molecular formula is C15H21N3OS. The highest BCUT2D eigenvalue weighted by atomic mass is 32.1. The van der Waals surface area contributed by atoms with Crippen molar-refractivity contribution in [1.29, 1.82) is 0 Å². The third kappa shape index (κ3) is 3.69. The predicted octanol–water partition coefficient (Wildman–Crippen LogP) is 2.98. The summed E-state index contributed by atoms with van der Waals surface area (Å²) >= 11 is 1.65. The van der Waals surface area contributed by atoms with Gasteiger partial charge in [0.25, 0.3) is 0 Å². The van der Waals surface area contributed by atoms with Crippen molar-refractivity contribution in [2.24, 2.45) is 0 Å². The molecule has 0 atom stereocenters. The molecule has 0 radical (unpaired) electrons. The summed E-state index contributed by atoms with van der Waals surface area (Å²) in [5.74, 6) is 0.730. The maximum Gasteiger partial charge on any atom is 0.236 e. The topological polar surface area (TPSA) is 41.3 Å². The maximum atomic E-state index is 5.50. The first-order valence-electron chi connectivity index (χ1n) is 7.33. The van der Waals surface area contributed by atoms with Crippen LogP contribution >= 0.6 is 11.3 Å². The van der Waals surface area contributed by atoms with Crippen LogP contribution in [-0.4, -0.2) is 36.1 Å². The molecule has 20 heavy (non-hydrogen) atoms. The molecule has 0 bridgehead atoms. The molecule has 0 aromatic carbocycles. The summed E-state index contributed by atoms with van der Waals surface area (Å²) in [5.41, 5.74) is 0.981. The van der Waals surface area contributed by atoms with Crippen molar-refractivity contribution in [3.05, 3.63) is 29.5 Å². The van der Waals surface area contributed by atoms with Gasteiger partial charge in [0.05, 0.1) is 10.6 Å². The van der Waals surface area contributed by atoms with E-state index in [1.54, 1.807) is 17.6 Å². The molecule has 4 nitrogen and oxygen atoms in total. The van der Waals surface area contributed by atoms with E-state index in [0.29, 0.717) is 0 Å². The van der Waals surface area contributed by atoms with Crippen LogP contribution in [0.1, 0.15) is 25.0 Å². The average molecular weight is 291 g/mol. The zero-order chi connectivity index (χ0) is 13.6. The number of hydrogen-bond acceptors (Lipinski definition) is 5. The Labute approximate surface area is 123 Å². The Balaban J connectivity index is 1.36. The SMILES string of the molecule is c1csc(-c2nc(CNCCCN3CCCC3)co2)c1. The van der Waals surface area contributed by atoms with Gasteiger partial charge in [-0.2, -0.15) is 0 Å². The molecule has 0 saturated carbocycles. The van der Waals surface area contributed by atoms with Crippen LogP contribution in [0.4, 0.5) is 0 Å². The normalized spacial score (nSPS) is 16.0. The average Bonchev–Trinajstić information content (AvgIpc) is 3.21. The summed E-state index contributed by atoms with van der Waals surface area (Å²) in [6.45, 7) is 5.61. The highest BCUT2D eigenvalue weighted by molar-refractivity contribution is 7.13. The largest absolute Gasteiger partial charge is 0.444 e. The van der Waals surface area contributed by atoms with E-state index in [2.05, 4.69) is 15.2 Å². The van der Waals surface area contributed by atoms with Gasteiger partial charge in [-0.3, -0.25) is 0 Å². The molecule has 0 spiro atoms. The van der Waals surface area contributed by atoms with Crippen LogP contribution in [0.5, 0.6) is 0 Å². The molecule has 1 aliphatic heterocycles. The minimum atomic E-state index is 0.730. The number of hydrogen-bond donors (Lipinski definition) is 1. The molecule has 1 aliphatic rings. The van der Waals surface area contributed by atoms with Crippen LogP contribution in [0.3, 0.4) is 0 Å². The number of rotatable bonds is 7. The molecule has 3 rings (SSSR count). The fourth-order valence-corrected chi connectivity index (χ4v) is 3.21. The van der Waals surface area contributed by atoms with Crippen LogP contribution in [0, 0.1) is 0 Å². The summed E-state index contributed by atoms with van der Waals surface area (Å²) in [7, 11) is 0. The minimum absolute atomic E-state index is 0.730. The molecule has 5 heteroatoms. The maximum absolute atomic E-state index is 5.50. The third-order valence-electron chi connectivity index (χ3n) is 3.62. The van der Waals surface area contributed by atoms with Gasteiger partial charge in [-0.1, -0.05) is 6.07 Å². The predicted molar refractivity (Wildman–Crippen MR) is 81.8 cm³/mol. The summed E-state index contributed by atoms with van der Waals surface area (Å²) < 4.78 is 5.50. The van der Waals surface area contributed by atoms with E-state index in [0.717, 1.165) is 29.6 Å². The number of aromatic nitrogens is 1. The van der Waals surface area contributed by atoms with Crippen LogP contribution in [0.2, 0.25) is 0 Å². The fourth-order valence-electron chi connectivity index (χ4n) is 2.55. The molecule has 2 aromatic heterocycles. The van der Waals surface area contributed by atoms with Gasteiger partial charge >= 0.3 is 0 Å². The smallest absolute Gasteiger partial charge is 0.236 e. The number of nitrogens with one attached hydrogen (secondary N) is 1. The van der Waals surface area contributed by atoms with Gasteiger partial charge in [0.1, 0.15) is 6.26 Å². The first-order chi connectivity index (χ1) is 9.92. The Morgan fingerprint density at radius 1 is 1.35 bits per heavy atom. The van der Waals surface area contributed by atoms with Crippen molar-refractivity contribution >= 4 is 11.3 Å². The second-order valence-electron chi connectivity index (χ2n) is 5.20. The zero-order valence-corrected chi connectivity index (χ0v) is 12.5. The molecule has 0 amide bonds. The molecule has 108 valence electrons. The fraction of sp³-hybridized carbons (Fsp3) is 0.533. The molecule has 2 aromatic rings. The summed E-state index contributed by atoms with van der Waals surface area (Å²) in [5, 5.41) is 5.48. The number of thiophene rings is 1. The minimum Gasteiger partial charge on any atom is -0.444 e. The second-order valence-corrected chi connectivity index (χ2v) is 6.15. The number of oxazole rings is 1. The van der Waals surface area contributed by atoms with Gasteiger partial charge in [-0.05, 0) is 56.9 Å². The molecule has 1 saturated heterocycles. The van der Waals surface area contributed by atoms with Gasteiger partial charge in [-0.15, -0.1) is 11.3 Å². The van der Waals surface area contributed by atoms with E-state index in [1.165, 1.54) is 38.9 Å². The van der Waals surface area contributed by atoms with Crippen LogP contribution in [0.25, 0.3) is 10.8 Å². The second kappa shape index (κ2) is 7.02. The molecule has 3 heterocycles. The van der Waals surface area contributed by atoms with Crippen LogP contribution in [-0.2, 0) is 6.54 Å². The molecule has 0 aliphatic carbocycles. The van der Waals surface area contributed by atoms with Crippen LogP contribution < -0.4 is 5.32 Å². The monoisotopic (exact) mass is 291 g/mol. The summed E-state index contributed by atoms with van der Waals surface area (Å²) in [6, 6.07) is 4.05. The third-order valence-corrected chi connectivity index (χ3v) is 4.47. The lowest BCUT2D eigenvalue weighted by Crippen LogP contribution is -2.24. The van der Waals surface area contributed by atoms with Crippen molar-refractivity contribution in [1.82, 2.24) is 15.2 Å². The Morgan fingerprint density at radius 3 is 3.05 bits per heavy atom. The highest BCUT2D eigenvalue weighted by Gasteiger charge is 2.10. The van der Waals surface area contributed by atoms with Gasteiger partial charge in [-0.25, -0.2) is 4.98 Å². The van der Waals surface area contributed by atoms with E-state index in [-0.39, 0.29) is 0 Å². The molecule has 0 unspecified atom stereocenters. The van der Waals surface area contributed by atoms with Gasteiger partial charge in [0, 0.05) is 6.54 Å². The van der Waals surface area contributed by atoms with E-state index < -0.39 is 0 Å². The van der Waals surface area contributed by atoms with Crippen molar-refractivity contribution in [2.75, 3.05) is 26.2 Å². The van der Waals surface area contributed by atoms with Gasteiger partial charge < -0.3 is 14.6 Å². The zero-order valence-electron chi connectivity index (χ0n) is 11.7. The Bertz CT molecular complexity index is 503. The van der Waals surface area contributed by atoms with Crippen LogP contribution in [0.15, 0.2) is 28.2 Å².